The Balaban J connectivity index is 1.66. The minimum Gasteiger partial charge on any atom is -0.337 e. The number of hydrogen-bond acceptors (Lipinski definition) is 4. The van der Waals surface area contributed by atoms with E-state index < -0.39 is 0 Å². The summed E-state index contributed by atoms with van der Waals surface area (Å²) in [5.74, 6) is -0.00302. The van der Waals surface area contributed by atoms with Crippen LogP contribution >= 0.6 is 23.2 Å². The molecule has 2 heterocycles. The number of carbonyl (C=O) groups excluding carboxylic acids is 1. The Morgan fingerprint density at radius 2 is 2.14 bits per heavy atom. The third kappa shape index (κ3) is 3.28. The van der Waals surface area contributed by atoms with Crippen LogP contribution in [0.15, 0.2) is 30.6 Å². The van der Waals surface area contributed by atoms with Crippen molar-refractivity contribution in [2.45, 2.75) is 13.0 Å². The zero-order chi connectivity index (χ0) is 15.5. The molecule has 1 aromatic carbocycles. The molecule has 1 aromatic heterocycles. The van der Waals surface area contributed by atoms with E-state index in [0.29, 0.717) is 23.1 Å². The number of amides is 1. The summed E-state index contributed by atoms with van der Waals surface area (Å²) in [6.07, 6.45) is 4.25. The van der Waals surface area contributed by atoms with E-state index in [4.69, 9.17) is 23.2 Å². The molecule has 2 aromatic rings. The van der Waals surface area contributed by atoms with Crippen LogP contribution < -0.4 is 0 Å². The Morgan fingerprint density at radius 3 is 2.77 bits per heavy atom. The summed E-state index contributed by atoms with van der Waals surface area (Å²) in [7, 11) is 0. The van der Waals surface area contributed by atoms with Gasteiger partial charge in [-0.1, -0.05) is 35.3 Å². The van der Waals surface area contributed by atoms with Crippen LogP contribution in [0.2, 0.25) is 10.0 Å². The number of rotatable bonds is 3. The average Bonchev–Trinajstić information content (AvgIpc) is 3.03. The van der Waals surface area contributed by atoms with Crippen LogP contribution in [0.3, 0.4) is 0 Å². The smallest absolute Gasteiger partial charge is 0.244 e. The van der Waals surface area contributed by atoms with E-state index in [9.17, 15) is 4.79 Å². The highest BCUT2D eigenvalue weighted by Gasteiger charge is 2.18. The molecule has 0 saturated carbocycles. The fraction of sp³-hybridized carbons (Fsp3) is 0.286. The van der Waals surface area contributed by atoms with Gasteiger partial charge in [-0.2, -0.15) is 0 Å². The highest BCUT2D eigenvalue weighted by atomic mass is 35.5. The number of aromatic nitrogens is 4. The van der Waals surface area contributed by atoms with Crippen molar-refractivity contribution in [3.63, 3.8) is 0 Å². The first-order valence-electron chi connectivity index (χ1n) is 6.76. The van der Waals surface area contributed by atoms with Gasteiger partial charge in [-0.3, -0.25) is 4.79 Å². The van der Waals surface area contributed by atoms with Gasteiger partial charge in [-0.05, 0) is 40.1 Å². The first kappa shape index (κ1) is 15.0. The van der Waals surface area contributed by atoms with Gasteiger partial charge in [-0.25, -0.2) is 4.68 Å². The summed E-state index contributed by atoms with van der Waals surface area (Å²) in [6, 6.07) is 5.59. The Hall–Kier alpha value is -1.92. The average molecular weight is 338 g/mol. The van der Waals surface area contributed by atoms with E-state index in [0.717, 1.165) is 12.0 Å². The van der Waals surface area contributed by atoms with Gasteiger partial charge in [0.1, 0.15) is 12.9 Å². The quantitative estimate of drug-likeness (QED) is 0.861. The molecule has 0 saturated heterocycles. The van der Waals surface area contributed by atoms with Gasteiger partial charge in [0.15, 0.2) is 0 Å². The lowest BCUT2D eigenvalue weighted by molar-refractivity contribution is -0.131. The Morgan fingerprint density at radius 1 is 1.27 bits per heavy atom. The zero-order valence-corrected chi connectivity index (χ0v) is 13.1. The van der Waals surface area contributed by atoms with Crippen LogP contribution in [-0.2, 0) is 11.3 Å². The minimum atomic E-state index is -0.00302. The van der Waals surface area contributed by atoms with Gasteiger partial charge in [0.2, 0.25) is 5.91 Å². The molecule has 22 heavy (non-hydrogen) atoms. The van der Waals surface area contributed by atoms with Crippen molar-refractivity contribution in [1.82, 2.24) is 25.1 Å². The lowest BCUT2D eigenvalue weighted by Crippen LogP contribution is -2.37. The van der Waals surface area contributed by atoms with E-state index in [1.165, 1.54) is 16.6 Å². The van der Waals surface area contributed by atoms with Gasteiger partial charge >= 0.3 is 0 Å². The van der Waals surface area contributed by atoms with Crippen molar-refractivity contribution in [1.29, 1.82) is 0 Å². The summed E-state index contributed by atoms with van der Waals surface area (Å²) >= 11 is 12.0. The van der Waals surface area contributed by atoms with E-state index in [2.05, 4.69) is 15.5 Å². The number of tetrazole rings is 1. The first-order valence-corrected chi connectivity index (χ1v) is 7.52. The monoisotopic (exact) mass is 337 g/mol. The lowest BCUT2D eigenvalue weighted by Gasteiger charge is -2.26. The van der Waals surface area contributed by atoms with Crippen molar-refractivity contribution in [3.05, 3.63) is 46.2 Å². The molecule has 0 fully saturated rings. The SMILES string of the molecule is O=C(Cn1cnnn1)N1CC=C(c2ccc(Cl)c(Cl)c2)CC1. The van der Waals surface area contributed by atoms with Gasteiger partial charge < -0.3 is 4.90 Å². The third-order valence-electron chi connectivity index (χ3n) is 3.54. The van der Waals surface area contributed by atoms with Crippen molar-refractivity contribution in [2.24, 2.45) is 0 Å². The largest absolute Gasteiger partial charge is 0.337 e. The number of nitrogens with zero attached hydrogens (tertiary/aromatic N) is 5. The number of halogens is 2. The van der Waals surface area contributed by atoms with Crippen LogP contribution in [0.4, 0.5) is 0 Å². The van der Waals surface area contributed by atoms with Gasteiger partial charge in [-0.15, -0.1) is 5.10 Å². The Bertz CT molecular complexity index is 714. The molecule has 114 valence electrons. The second kappa shape index (κ2) is 6.46. The van der Waals surface area contributed by atoms with Crippen molar-refractivity contribution < 1.29 is 4.79 Å². The zero-order valence-electron chi connectivity index (χ0n) is 11.6. The lowest BCUT2D eigenvalue weighted by atomic mass is 9.99. The molecule has 0 spiro atoms. The second-order valence-electron chi connectivity index (χ2n) is 4.96. The predicted octanol–water partition coefficient (Wildman–Crippen LogP) is 2.30. The normalized spacial score (nSPS) is 14.8. The maximum absolute atomic E-state index is 12.1. The van der Waals surface area contributed by atoms with Crippen LogP contribution in [0.25, 0.3) is 5.57 Å². The third-order valence-corrected chi connectivity index (χ3v) is 4.28. The molecule has 6 nitrogen and oxygen atoms in total. The summed E-state index contributed by atoms with van der Waals surface area (Å²) in [5.41, 5.74) is 2.21. The molecule has 8 heteroatoms. The summed E-state index contributed by atoms with van der Waals surface area (Å²) in [6.45, 7) is 1.38. The topological polar surface area (TPSA) is 63.9 Å². The molecule has 3 rings (SSSR count). The maximum Gasteiger partial charge on any atom is 0.244 e. The summed E-state index contributed by atoms with van der Waals surface area (Å²) in [5, 5.41) is 11.8. The molecule has 0 N–H and O–H groups in total. The van der Waals surface area contributed by atoms with Crippen LogP contribution in [-0.4, -0.2) is 44.1 Å². The van der Waals surface area contributed by atoms with E-state index >= 15 is 0 Å². The van der Waals surface area contributed by atoms with Crippen LogP contribution in [0, 0.1) is 0 Å². The van der Waals surface area contributed by atoms with E-state index in [-0.39, 0.29) is 12.5 Å². The van der Waals surface area contributed by atoms with Gasteiger partial charge in [0.25, 0.3) is 0 Å². The molecule has 1 aliphatic rings. The summed E-state index contributed by atoms with van der Waals surface area (Å²) < 4.78 is 1.42. The minimum absolute atomic E-state index is 0.00302. The van der Waals surface area contributed by atoms with Crippen LogP contribution in [0.1, 0.15) is 12.0 Å². The Kier molecular flexibility index (Phi) is 4.40. The highest BCUT2D eigenvalue weighted by molar-refractivity contribution is 6.42. The molecule has 1 aliphatic heterocycles. The molecule has 0 radical (unpaired) electrons. The molecule has 0 aliphatic carbocycles. The van der Waals surface area contributed by atoms with Crippen molar-refractivity contribution >= 4 is 34.7 Å². The number of carbonyl (C=O) groups is 1. The first-order chi connectivity index (χ1) is 10.6. The molecular weight excluding hydrogens is 325 g/mol. The van der Waals surface area contributed by atoms with Gasteiger partial charge in [0, 0.05) is 13.1 Å². The molecule has 0 bridgehead atoms. The standard InChI is InChI=1S/C14H13Cl2N5O/c15-12-2-1-11(7-13(12)16)10-3-5-20(6-4-10)14(22)8-21-9-17-18-19-21/h1-3,7,9H,4-6,8H2. The van der Waals surface area contributed by atoms with Crippen LogP contribution in [0.5, 0.6) is 0 Å². The highest BCUT2D eigenvalue weighted by Crippen LogP contribution is 2.29. The summed E-state index contributed by atoms with van der Waals surface area (Å²) in [4.78, 5) is 13.9. The molecular formula is C14H13Cl2N5O. The number of hydrogen-bond donors (Lipinski definition) is 0. The maximum atomic E-state index is 12.1. The van der Waals surface area contributed by atoms with Crippen molar-refractivity contribution in [2.75, 3.05) is 13.1 Å². The van der Waals surface area contributed by atoms with Crippen molar-refractivity contribution in [3.8, 4) is 0 Å². The fourth-order valence-electron chi connectivity index (χ4n) is 2.35. The molecule has 0 atom stereocenters. The van der Waals surface area contributed by atoms with E-state index in [1.807, 2.05) is 18.2 Å². The Labute approximate surface area is 137 Å². The predicted molar refractivity (Wildman–Crippen MR) is 83.5 cm³/mol. The number of benzene rings is 1. The molecule has 1 amide bonds. The van der Waals surface area contributed by atoms with E-state index in [1.54, 1.807) is 11.0 Å². The second-order valence-corrected chi connectivity index (χ2v) is 5.77. The molecule has 0 unspecified atom stereocenters. The van der Waals surface area contributed by atoms with Gasteiger partial charge in [0.05, 0.1) is 10.0 Å². The fourth-order valence-corrected chi connectivity index (χ4v) is 2.64.